The van der Waals surface area contributed by atoms with Crippen LogP contribution < -0.4 is 0 Å². The van der Waals surface area contributed by atoms with E-state index in [1.807, 2.05) is 17.0 Å². The quantitative estimate of drug-likeness (QED) is 0.797. The first kappa shape index (κ1) is 14.3. The Morgan fingerprint density at radius 1 is 1.50 bits per heavy atom. The number of aliphatic hydroxyl groups excluding tert-OH is 1. The summed E-state index contributed by atoms with van der Waals surface area (Å²) in [4.78, 5) is 14.8. The second kappa shape index (κ2) is 6.91. The molecule has 2 rings (SSSR count). The topological polar surface area (TPSA) is 49.8 Å². The summed E-state index contributed by atoms with van der Waals surface area (Å²) in [6.45, 7) is 1.39. The number of amides is 1. The monoisotopic (exact) mass is 351 g/mol. The summed E-state index contributed by atoms with van der Waals surface area (Å²) in [6, 6.07) is 4.05. The van der Waals surface area contributed by atoms with Gasteiger partial charge in [-0.1, -0.05) is 0 Å². The van der Waals surface area contributed by atoms with Crippen LogP contribution in [0.4, 0.5) is 0 Å². The third-order valence-corrected chi connectivity index (χ3v) is 5.58. The number of nitrogens with zero attached hydrogens (tertiary/aromatic N) is 1. The zero-order chi connectivity index (χ0) is 13.0. The summed E-state index contributed by atoms with van der Waals surface area (Å²) in [6.07, 6.45) is 0. The summed E-state index contributed by atoms with van der Waals surface area (Å²) in [5.41, 5.74) is 0. The minimum atomic E-state index is 0.0179. The molecule has 1 aliphatic rings. The molecule has 0 bridgehead atoms. The number of hydrogen-bond donors (Lipinski definition) is 1. The Bertz CT molecular complexity index is 413. The van der Waals surface area contributed by atoms with Crippen LogP contribution >= 0.6 is 39.0 Å². The minimum Gasteiger partial charge on any atom is -0.394 e. The summed E-state index contributed by atoms with van der Waals surface area (Å²) < 4.78 is 6.30. The molecule has 1 aromatic heterocycles. The second-order valence-electron chi connectivity index (χ2n) is 3.73. The average molecular weight is 352 g/mol. The van der Waals surface area contributed by atoms with Gasteiger partial charge in [0.05, 0.1) is 29.4 Å². The van der Waals surface area contributed by atoms with Crippen LogP contribution in [0.15, 0.2) is 15.9 Å². The first-order valence-corrected chi connectivity index (χ1v) is 8.23. The molecule has 1 N–H and O–H groups in total. The van der Waals surface area contributed by atoms with Crippen molar-refractivity contribution in [3.63, 3.8) is 0 Å². The Morgan fingerprint density at radius 3 is 3.00 bits per heavy atom. The van der Waals surface area contributed by atoms with Crippen LogP contribution in [-0.2, 0) is 9.53 Å². The number of thiophene rings is 1. The maximum Gasteiger partial charge on any atom is 0.233 e. The zero-order valence-electron chi connectivity index (χ0n) is 9.67. The van der Waals surface area contributed by atoms with Crippen molar-refractivity contribution in [3.05, 3.63) is 20.8 Å². The Kier molecular flexibility index (Phi) is 5.50. The minimum absolute atomic E-state index is 0.0179. The van der Waals surface area contributed by atoms with Crippen LogP contribution in [0.1, 0.15) is 10.3 Å². The van der Waals surface area contributed by atoms with E-state index in [4.69, 9.17) is 9.84 Å². The predicted octanol–water partition coefficient (Wildman–Crippen LogP) is 2.09. The second-order valence-corrected chi connectivity index (χ2v) is 7.29. The Morgan fingerprint density at radius 2 is 2.33 bits per heavy atom. The number of aliphatic hydroxyl groups is 1. The molecule has 1 saturated heterocycles. The Hall–Kier alpha value is -0.0800. The first-order valence-electron chi connectivity index (χ1n) is 5.57. The molecule has 1 aromatic rings. The van der Waals surface area contributed by atoms with E-state index in [0.29, 0.717) is 25.5 Å². The van der Waals surface area contributed by atoms with Crippen LogP contribution in [0, 0.1) is 0 Å². The molecule has 2 heterocycles. The number of ether oxygens (including phenoxy) is 1. The SMILES string of the molecule is O=C1CSC(c2ccc(Br)s2)N1CCOCCO. The van der Waals surface area contributed by atoms with Gasteiger partial charge in [-0.05, 0) is 28.1 Å². The highest BCUT2D eigenvalue weighted by Gasteiger charge is 2.33. The van der Waals surface area contributed by atoms with Gasteiger partial charge in [-0.25, -0.2) is 0 Å². The molecule has 0 saturated carbocycles. The van der Waals surface area contributed by atoms with Gasteiger partial charge in [0, 0.05) is 11.4 Å². The molecule has 1 unspecified atom stereocenters. The van der Waals surface area contributed by atoms with Crippen LogP contribution in [0.2, 0.25) is 0 Å². The van der Waals surface area contributed by atoms with Gasteiger partial charge < -0.3 is 14.7 Å². The molecule has 0 spiro atoms. The Balaban J connectivity index is 1.95. The third-order valence-electron chi connectivity index (χ3n) is 2.52. The molecule has 100 valence electrons. The number of thioether (sulfide) groups is 1. The fourth-order valence-electron chi connectivity index (χ4n) is 1.72. The fourth-order valence-corrected chi connectivity index (χ4v) is 4.60. The number of carbonyl (C=O) groups excluding carboxylic acids is 1. The maximum atomic E-state index is 11.8. The van der Waals surface area contributed by atoms with E-state index < -0.39 is 0 Å². The lowest BCUT2D eigenvalue weighted by Gasteiger charge is -2.22. The molecule has 1 aliphatic heterocycles. The molecular weight excluding hydrogens is 338 g/mol. The molecule has 1 amide bonds. The van der Waals surface area contributed by atoms with Gasteiger partial charge >= 0.3 is 0 Å². The van der Waals surface area contributed by atoms with Gasteiger partial charge in [-0.2, -0.15) is 0 Å². The van der Waals surface area contributed by atoms with Gasteiger partial charge in [-0.3, -0.25) is 4.79 Å². The normalized spacial score (nSPS) is 19.8. The van der Waals surface area contributed by atoms with Crippen molar-refractivity contribution in [3.8, 4) is 0 Å². The van der Waals surface area contributed by atoms with Gasteiger partial charge in [-0.15, -0.1) is 23.1 Å². The van der Waals surface area contributed by atoms with Gasteiger partial charge in [0.1, 0.15) is 5.37 Å². The lowest BCUT2D eigenvalue weighted by molar-refractivity contribution is -0.128. The van der Waals surface area contributed by atoms with Crippen molar-refractivity contribution < 1.29 is 14.6 Å². The van der Waals surface area contributed by atoms with Crippen molar-refractivity contribution >= 4 is 44.9 Å². The number of halogens is 1. The van der Waals surface area contributed by atoms with E-state index in [9.17, 15) is 4.79 Å². The summed E-state index contributed by atoms with van der Waals surface area (Å²) in [5, 5.41) is 8.73. The molecule has 0 radical (unpaired) electrons. The van der Waals surface area contributed by atoms with Crippen LogP contribution in [0.3, 0.4) is 0 Å². The van der Waals surface area contributed by atoms with Gasteiger partial charge in [0.2, 0.25) is 5.91 Å². The highest BCUT2D eigenvalue weighted by Crippen LogP contribution is 2.42. The number of carbonyl (C=O) groups is 1. The maximum absolute atomic E-state index is 11.8. The van der Waals surface area contributed by atoms with E-state index in [0.717, 1.165) is 3.79 Å². The standard InChI is InChI=1S/C11H14BrNO3S2/c12-9-2-1-8(18-9)11-13(10(15)7-17-11)3-5-16-6-4-14/h1-2,11,14H,3-7H2. The molecule has 1 atom stereocenters. The van der Waals surface area contributed by atoms with E-state index >= 15 is 0 Å². The number of rotatable bonds is 6. The highest BCUT2D eigenvalue weighted by atomic mass is 79.9. The van der Waals surface area contributed by atoms with Gasteiger partial charge in [0.25, 0.3) is 0 Å². The van der Waals surface area contributed by atoms with Crippen LogP contribution in [0.5, 0.6) is 0 Å². The Labute approximate surface area is 122 Å². The summed E-state index contributed by atoms with van der Waals surface area (Å²) >= 11 is 6.75. The number of hydrogen-bond acceptors (Lipinski definition) is 5. The lowest BCUT2D eigenvalue weighted by Crippen LogP contribution is -2.31. The fraction of sp³-hybridized carbons (Fsp3) is 0.545. The van der Waals surface area contributed by atoms with E-state index in [-0.39, 0.29) is 17.9 Å². The summed E-state index contributed by atoms with van der Waals surface area (Å²) in [7, 11) is 0. The van der Waals surface area contributed by atoms with Crippen LogP contribution in [-0.4, -0.2) is 48.0 Å². The van der Waals surface area contributed by atoms with E-state index in [1.54, 1.807) is 23.1 Å². The largest absolute Gasteiger partial charge is 0.394 e. The molecule has 1 fully saturated rings. The highest BCUT2D eigenvalue weighted by molar-refractivity contribution is 9.11. The summed E-state index contributed by atoms with van der Waals surface area (Å²) in [5.74, 6) is 0.683. The van der Waals surface area contributed by atoms with E-state index in [1.165, 1.54) is 4.88 Å². The molecule has 0 aromatic carbocycles. The molecule has 18 heavy (non-hydrogen) atoms. The smallest absolute Gasteiger partial charge is 0.233 e. The van der Waals surface area contributed by atoms with Crippen molar-refractivity contribution in [1.29, 1.82) is 0 Å². The molecule has 7 heteroatoms. The van der Waals surface area contributed by atoms with Crippen molar-refractivity contribution in [2.24, 2.45) is 0 Å². The third kappa shape index (κ3) is 3.48. The lowest BCUT2D eigenvalue weighted by atomic mass is 10.4. The van der Waals surface area contributed by atoms with Crippen LogP contribution in [0.25, 0.3) is 0 Å². The van der Waals surface area contributed by atoms with Crippen molar-refractivity contribution in [2.45, 2.75) is 5.37 Å². The average Bonchev–Trinajstić information content (AvgIpc) is 2.92. The van der Waals surface area contributed by atoms with E-state index in [2.05, 4.69) is 15.9 Å². The van der Waals surface area contributed by atoms with Gasteiger partial charge in [0.15, 0.2) is 0 Å². The predicted molar refractivity (Wildman–Crippen MR) is 76.8 cm³/mol. The first-order chi connectivity index (χ1) is 8.72. The molecule has 0 aliphatic carbocycles. The molecular formula is C11H14BrNO3S2. The zero-order valence-corrected chi connectivity index (χ0v) is 12.9. The van der Waals surface area contributed by atoms with Crippen molar-refractivity contribution in [2.75, 3.05) is 32.1 Å². The molecule has 4 nitrogen and oxygen atoms in total. The van der Waals surface area contributed by atoms with Crippen molar-refractivity contribution in [1.82, 2.24) is 4.90 Å².